The maximum atomic E-state index is 13.7. The second kappa shape index (κ2) is 13.6. The number of carbonyl (C=O) groups excluding carboxylic acids is 2. The molecule has 1 aliphatic heterocycles. The molecule has 1 aliphatic carbocycles. The van der Waals surface area contributed by atoms with E-state index in [1.165, 1.54) is 37.8 Å². The molecule has 230 valence electrons. The van der Waals surface area contributed by atoms with Crippen molar-refractivity contribution in [2.24, 2.45) is 5.92 Å². The molecule has 3 atom stereocenters. The standard InChI is InChI=1S/C30H42N4O7S/c1-20-17-34(21(2)19-35)29(36)26-16-23(32-42(38,39)25-13-11-24(40-4)12-14-25)10-15-27(26)41-28(20)18-33(3)30(37)31-22-8-6-5-7-9-22/h10-16,20-22,28,32,35H,5-9,17-19H2,1-4H3,(H,31,37)/t20-,21-,28-/m0/s1. The Morgan fingerprint density at radius 1 is 1.17 bits per heavy atom. The van der Waals surface area contributed by atoms with Crippen LogP contribution in [0.4, 0.5) is 10.5 Å². The van der Waals surface area contributed by atoms with Crippen LogP contribution in [0.5, 0.6) is 11.5 Å². The fourth-order valence-electron chi connectivity index (χ4n) is 5.36. The van der Waals surface area contributed by atoms with Gasteiger partial charge in [-0.2, -0.15) is 0 Å². The largest absolute Gasteiger partial charge is 0.497 e. The summed E-state index contributed by atoms with van der Waals surface area (Å²) in [7, 11) is -0.731. The molecule has 12 heteroatoms. The number of aliphatic hydroxyl groups excluding tert-OH is 1. The second-order valence-corrected chi connectivity index (χ2v) is 13.0. The number of rotatable bonds is 9. The van der Waals surface area contributed by atoms with E-state index >= 15 is 0 Å². The van der Waals surface area contributed by atoms with Crippen LogP contribution >= 0.6 is 0 Å². The van der Waals surface area contributed by atoms with Crippen LogP contribution in [0.3, 0.4) is 0 Å². The number of urea groups is 1. The van der Waals surface area contributed by atoms with Crippen LogP contribution in [0, 0.1) is 5.92 Å². The Kier molecular flexibility index (Phi) is 10.2. The number of hydrogen-bond donors (Lipinski definition) is 3. The van der Waals surface area contributed by atoms with Gasteiger partial charge in [-0.3, -0.25) is 9.52 Å². The first-order valence-corrected chi connectivity index (χ1v) is 15.9. The number of fused-ring (bicyclic) bond motifs is 1. The number of hydrogen-bond acceptors (Lipinski definition) is 7. The number of nitrogens with one attached hydrogen (secondary N) is 2. The maximum absolute atomic E-state index is 13.7. The Morgan fingerprint density at radius 2 is 1.86 bits per heavy atom. The van der Waals surface area contributed by atoms with Crippen molar-refractivity contribution in [3.8, 4) is 11.5 Å². The highest BCUT2D eigenvalue weighted by Crippen LogP contribution is 2.31. The third kappa shape index (κ3) is 7.46. The molecule has 11 nitrogen and oxygen atoms in total. The van der Waals surface area contributed by atoms with Gasteiger partial charge in [-0.25, -0.2) is 13.2 Å². The summed E-state index contributed by atoms with van der Waals surface area (Å²) in [6.45, 7) is 4.02. The molecule has 0 unspecified atom stereocenters. The predicted molar refractivity (Wildman–Crippen MR) is 159 cm³/mol. The fourth-order valence-corrected chi connectivity index (χ4v) is 6.41. The van der Waals surface area contributed by atoms with Gasteiger partial charge in [0.2, 0.25) is 0 Å². The number of likely N-dealkylation sites (N-methyl/N-ethyl adjacent to an activating group) is 1. The van der Waals surface area contributed by atoms with Crippen molar-refractivity contribution in [3.05, 3.63) is 48.0 Å². The summed E-state index contributed by atoms with van der Waals surface area (Å²) in [5.41, 5.74) is 0.351. The lowest BCUT2D eigenvalue weighted by Crippen LogP contribution is -2.52. The summed E-state index contributed by atoms with van der Waals surface area (Å²) >= 11 is 0. The maximum Gasteiger partial charge on any atom is 0.317 e. The fraction of sp³-hybridized carbons (Fsp3) is 0.533. The molecule has 42 heavy (non-hydrogen) atoms. The third-order valence-corrected chi connectivity index (χ3v) is 9.42. The molecule has 0 saturated heterocycles. The number of methoxy groups -OCH3 is 1. The topological polar surface area (TPSA) is 138 Å². The Labute approximate surface area is 248 Å². The minimum absolute atomic E-state index is 0.0385. The van der Waals surface area contributed by atoms with Crippen LogP contribution < -0.4 is 19.5 Å². The van der Waals surface area contributed by atoms with E-state index in [9.17, 15) is 23.1 Å². The van der Waals surface area contributed by atoms with Crippen molar-refractivity contribution < 1.29 is 32.6 Å². The summed E-state index contributed by atoms with van der Waals surface area (Å²) in [4.78, 5) is 29.9. The average Bonchev–Trinajstić information content (AvgIpc) is 2.99. The lowest BCUT2D eigenvalue weighted by atomic mass is 9.96. The lowest BCUT2D eigenvalue weighted by molar-refractivity contribution is 0.0366. The molecule has 3 amide bonds. The van der Waals surface area contributed by atoms with Crippen molar-refractivity contribution >= 4 is 27.6 Å². The van der Waals surface area contributed by atoms with E-state index in [0.717, 1.165) is 25.7 Å². The molecule has 2 aromatic carbocycles. The lowest BCUT2D eigenvalue weighted by Gasteiger charge is -2.38. The number of carbonyl (C=O) groups is 2. The SMILES string of the molecule is COc1ccc(S(=O)(=O)Nc2ccc3c(c2)C(=O)N([C@@H](C)CO)C[C@H](C)[C@H](CN(C)C(=O)NC2CCCCC2)O3)cc1. The van der Waals surface area contributed by atoms with E-state index < -0.39 is 22.2 Å². The van der Waals surface area contributed by atoms with E-state index in [2.05, 4.69) is 10.0 Å². The molecule has 0 bridgehead atoms. The number of sulfonamides is 1. The van der Waals surface area contributed by atoms with Gasteiger partial charge in [0.25, 0.3) is 15.9 Å². The highest BCUT2D eigenvalue weighted by Gasteiger charge is 2.34. The minimum atomic E-state index is -3.95. The van der Waals surface area contributed by atoms with Crippen LogP contribution in [0.25, 0.3) is 0 Å². The van der Waals surface area contributed by atoms with E-state index in [4.69, 9.17) is 9.47 Å². The first-order chi connectivity index (χ1) is 20.0. The molecule has 4 rings (SSSR count). The number of amides is 3. The molecule has 0 radical (unpaired) electrons. The van der Waals surface area contributed by atoms with Crippen molar-refractivity contribution in [1.29, 1.82) is 0 Å². The Morgan fingerprint density at radius 3 is 2.50 bits per heavy atom. The molecule has 3 N–H and O–H groups in total. The van der Waals surface area contributed by atoms with Gasteiger partial charge in [0, 0.05) is 31.2 Å². The van der Waals surface area contributed by atoms with Gasteiger partial charge in [-0.1, -0.05) is 26.2 Å². The summed E-state index contributed by atoms with van der Waals surface area (Å²) in [6.07, 6.45) is 4.91. The van der Waals surface area contributed by atoms with Crippen LogP contribution in [0.15, 0.2) is 47.4 Å². The molecule has 2 aliphatic rings. The van der Waals surface area contributed by atoms with Gasteiger partial charge in [-0.15, -0.1) is 0 Å². The monoisotopic (exact) mass is 602 g/mol. The minimum Gasteiger partial charge on any atom is -0.497 e. The van der Waals surface area contributed by atoms with Gasteiger partial charge in [0.1, 0.15) is 17.6 Å². The quantitative estimate of drug-likeness (QED) is 0.398. The van der Waals surface area contributed by atoms with Gasteiger partial charge >= 0.3 is 6.03 Å². The Bertz CT molecular complexity index is 1350. The van der Waals surface area contributed by atoms with E-state index in [1.54, 1.807) is 42.0 Å². The van der Waals surface area contributed by atoms with E-state index in [-0.39, 0.29) is 65.5 Å². The van der Waals surface area contributed by atoms with Crippen molar-refractivity contribution in [1.82, 2.24) is 15.1 Å². The second-order valence-electron chi connectivity index (χ2n) is 11.3. The number of ether oxygens (including phenoxy) is 2. The highest BCUT2D eigenvalue weighted by atomic mass is 32.2. The molecule has 0 spiro atoms. The van der Waals surface area contributed by atoms with Crippen molar-refractivity contribution in [3.63, 3.8) is 0 Å². The zero-order chi connectivity index (χ0) is 30.4. The van der Waals surface area contributed by atoms with Crippen molar-refractivity contribution in [2.45, 2.75) is 69.0 Å². The Balaban J connectivity index is 1.58. The van der Waals surface area contributed by atoms with Crippen LogP contribution in [-0.2, 0) is 10.0 Å². The zero-order valence-corrected chi connectivity index (χ0v) is 25.5. The summed E-state index contributed by atoms with van der Waals surface area (Å²) < 4.78 is 40.1. The van der Waals surface area contributed by atoms with Crippen LogP contribution in [0.2, 0.25) is 0 Å². The van der Waals surface area contributed by atoms with Crippen LogP contribution in [-0.4, -0.2) is 87.3 Å². The summed E-state index contributed by atoms with van der Waals surface area (Å²) in [5.74, 6) is 0.247. The van der Waals surface area contributed by atoms with E-state index in [0.29, 0.717) is 5.75 Å². The van der Waals surface area contributed by atoms with Crippen molar-refractivity contribution in [2.75, 3.05) is 38.6 Å². The molecule has 2 aromatic rings. The first kappa shape index (κ1) is 31.4. The smallest absolute Gasteiger partial charge is 0.317 e. The van der Waals surface area contributed by atoms with Gasteiger partial charge in [0.15, 0.2) is 0 Å². The van der Waals surface area contributed by atoms with Gasteiger partial charge in [-0.05, 0) is 62.2 Å². The van der Waals surface area contributed by atoms with E-state index in [1.807, 2.05) is 6.92 Å². The molecule has 0 aromatic heterocycles. The molecular weight excluding hydrogens is 560 g/mol. The molecular formula is C30H42N4O7S. The number of benzene rings is 2. The highest BCUT2D eigenvalue weighted by molar-refractivity contribution is 7.92. The molecule has 1 saturated carbocycles. The number of nitrogens with zero attached hydrogens (tertiary/aromatic N) is 2. The number of aliphatic hydroxyl groups is 1. The van der Waals surface area contributed by atoms with Crippen LogP contribution in [0.1, 0.15) is 56.3 Å². The van der Waals surface area contributed by atoms with Gasteiger partial charge < -0.3 is 29.7 Å². The first-order valence-electron chi connectivity index (χ1n) is 14.4. The van der Waals surface area contributed by atoms with Gasteiger partial charge in [0.05, 0.1) is 36.8 Å². The zero-order valence-electron chi connectivity index (χ0n) is 24.7. The average molecular weight is 603 g/mol. The summed E-state index contributed by atoms with van der Waals surface area (Å²) in [5, 5.41) is 13.0. The predicted octanol–water partition coefficient (Wildman–Crippen LogP) is 3.69. The molecule has 1 heterocycles. The number of anilines is 1. The summed E-state index contributed by atoms with van der Waals surface area (Å²) in [6, 6.07) is 10.0. The Hall–Kier alpha value is -3.51. The normalized spacial score (nSPS) is 20.4. The third-order valence-electron chi connectivity index (χ3n) is 8.02. The molecule has 1 fully saturated rings.